The van der Waals surface area contributed by atoms with Gasteiger partial charge in [-0.2, -0.15) is 0 Å². The van der Waals surface area contributed by atoms with Crippen molar-refractivity contribution in [2.24, 2.45) is 0 Å². The minimum Gasteiger partial charge on any atom is -0.395 e. The van der Waals surface area contributed by atoms with Gasteiger partial charge in [0.15, 0.2) is 6.29 Å². The second-order valence-corrected chi connectivity index (χ2v) is 13.4. The molecule has 12 heteroatoms. The molecule has 1 unspecified atom stereocenters. The summed E-state index contributed by atoms with van der Waals surface area (Å²) in [5.74, 6) is 0.0868. The molecule has 1 fully saturated rings. The van der Waals surface area contributed by atoms with E-state index < -0.39 is 0 Å². The molecule has 11 nitrogen and oxygen atoms in total. The van der Waals surface area contributed by atoms with Crippen molar-refractivity contribution in [1.82, 2.24) is 28.9 Å². The zero-order chi connectivity index (χ0) is 35.4. The van der Waals surface area contributed by atoms with Crippen LogP contribution in [0.5, 0.6) is 0 Å². The summed E-state index contributed by atoms with van der Waals surface area (Å²) < 4.78 is 15.5. The monoisotopic (exact) mass is 734 g/mol. The molecule has 1 N–H and O–H groups in total. The van der Waals surface area contributed by atoms with Crippen LogP contribution in [0.3, 0.4) is 0 Å². The lowest BCUT2D eigenvalue weighted by Gasteiger charge is -2.30. The molecule has 0 bridgehead atoms. The molecule has 3 aliphatic rings. The fraction of sp³-hybridized carbons (Fsp3) is 0.317. The molecule has 6 aromatic rings. The highest BCUT2D eigenvalue weighted by molar-refractivity contribution is 5.98. The van der Waals surface area contributed by atoms with Gasteiger partial charge in [-0.3, -0.25) is 18.7 Å². The molecular weight excluding hydrogens is 692 g/mol. The largest absolute Gasteiger partial charge is 0.395 e. The van der Waals surface area contributed by atoms with Crippen LogP contribution in [0.1, 0.15) is 51.1 Å². The second-order valence-electron chi connectivity index (χ2n) is 13.4. The number of halogens is 1. The van der Waals surface area contributed by atoms with Crippen molar-refractivity contribution in [1.29, 1.82) is 0 Å². The highest BCUT2D eigenvalue weighted by Crippen LogP contribution is 2.26. The van der Waals surface area contributed by atoms with Crippen LogP contribution in [-0.4, -0.2) is 98.1 Å². The SMILES string of the molecule is Cl.O=C1c2ccc(-n3cnc4ccccc43)cc2CCN1CCO.O=C1c2ccc(-n3cnc4ccccc43)cc2CCN1CCOC1CCCCO1. The summed E-state index contributed by atoms with van der Waals surface area (Å²) in [4.78, 5) is 37.8. The number of amides is 2. The Balaban J connectivity index is 0.000000165. The fourth-order valence-electron chi connectivity index (χ4n) is 7.36. The van der Waals surface area contributed by atoms with Crippen molar-refractivity contribution in [3.63, 3.8) is 0 Å². The average molecular weight is 735 g/mol. The summed E-state index contributed by atoms with van der Waals surface area (Å²) in [5.41, 5.74) is 9.77. The summed E-state index contributed by atoms with van der Waals surface area (Å²) in [6.07, 6.45) is 8.41. The van der Waals surface area contributed by atoms with Gasteiger partial charge in [-0.15, -0.1) is 12.4 Å². The normalized spacial score (nSPS) is 16.9. The van der Waals surface area contributed by atoms with Crippen molar-refractivity contribution in [3.8, 4) is 11.4 Å². The van der Waals surface area contributed by atoms with E-state index in [1.54, 1.807) is 4.90 Å². The molecule has 4 aromatic carbocycles. The molecule has 1 atom stereocenters. The summed E-state index contributed by atoms with van der Waals surface area (Å²) in [6.45, 7) is 3.66. The third-order valence-electron chi connectivity index (χ3n) is 10.2. The van der Waals surface area contributed by atoms with Crippen molar-refractivity contribution >= 4 is 46.3 Å². The Hall–Kier alpha value is -5.07. The fourth-order valence-corrected chi connectivity index (χ4v) is 7.36. The van der Waals surface area contributed by atoms with Crippen LogP contribution in [0.15, 0.2) is 97.6 Å². The number of β-amino-alcohol motifs (C(OH)–C–C–N with tert-alkyl or cyclic N) is 1. The molecule has 5 heterocycles. The van der Waals surface area contributed by atoms with E-state index in [4.69, 9.17) is 14.6 Å². The van der Waals surface area contributed by atoms with Gasteiger partial charge in [-0.05, 0) is 104 Å². The molecule has 0 spiro atoms. The Morgan fingerprint density at radius 1 is 0.717 bits per heavy atom. The van der Waals surface area contributed by atoms with Gasteiger partial charge in [-0.25, -0.2) is 9.97 Å². The molecule has 2 aromatic heterocycles. The molecular formula is C41H43ClN6O5. The lowest BCUT2D eigenvalue weighted by molar-refractivity contribution is -0.163. The van der Waals surface area contributed by atoms with E-state index in [0.29, 0.717) is 26.2 Å². The highest BCUT2D eigenvalue weighted by atomic mass is 35.5. The number of rotatable bonds is 8. The van der Waals surface area contributed by atoms with E-state index >= 15 is 0 Å². The summed E-state index contributed by atoms with van der Waals surface area (Å²) in [6, 6.07) is 28.0. The lowest BCUT2D eigenvalue weighted by atomic mass is 9.98. The average Bonchev–Trinajstić information content (AvgIpc) is 3.83. The van der Waals surface area contributed by atoms with Gasteiger partial charge in [0.25, 0.3) is 11.8 Å². The first kappa shape index (κ1) is 36.3. The van der Waals surface area contributed by atoms with Crippen LogP contribution in [0.25, 0.3) is 33.4 Å². The van der Waals surface area contributed by atoms with E-state index in [1.807, 2.05) is 88.9 Å². The molecule has 274 valence electrons. The van der Waals surface area contributed by atoms with Gasteiger partial charge in [0, 0.05) is 55.3 Å². The predicted molar refractivity (Wildman–Crippen MR) is 205 cm³/mol. The number of fused-ring (bicyclic) bond motifs is 4. The Kier molecular flexibility index (Phi) is 11.2. The van der Waals surface area contributed by atoms with E-state index in [9.17, 15) is 9.59 Å². The van der Waals surface area contributed by atoms with Gasteiger partial charge in [0.1, 0.15) is 12.7 Å². The second kappa shape index (κ2) is 16.3. The number of carbonyl (C=O) groups excluding carboxylic acids is 2. The standard InChI is InChI=1S/C23H25N3O3.C18H17N3O2.ClH/c27-23-19-9-8-18(26-16-24-20-5-1-2-6-21(20)26)15-17(19)10-11-25(23)12-14-29-22-7-3-4-13-28-22;22-10-9-20-8-7-13-11-14(5-6-15(13)18(20)23)21-12-19-16-3-1-2-4-17(16)21;/h1-2,5-6,8-9,15-16,22H,3-4,7,10-14H2;1-6,11-12,22H,7-10H2;1H. The number of hydrogen-bond donors (Lipinski definition) is 1. The predicted octanol–water partition coefficient (Wildman–Crippen LogP) is 6.00. The number of ether oxygens (including phenoxy) is 2. The first-order valence-corrected chi connectivity index (χ1v) is 18.1. The van der Waals surface area contributed by atoms with Gasteiger partial charge in [0.2, 0.25) is 0 Å². The minimum absolute atomic E-state index is 0. The van der Waals surface area contributed by atoms with Gasteiger partial charge >= 0.3 is 0 Å². The first-order valence-electron chi connectivity index (χ1n) is 18.1. The van der Waals surface area contributed by atoms with E-state index in [-0.39, 0.29) is 37.1 Å². The van der Waals surface area contributed by atoms with Gasteiger partial charge < -0.3 is 24.4 Å². The van der Waals surface area contributed by atoms with Crippen LogP contribution in [0, 0.1) is 0 Å². The number of aliphatic hydroxyl groups is 1. The molecule has 0 saturated carbocycles. The Morgan fingerprint density at radius 2 is 1.26 bits per heavy atom. The van der Waals surface area contributed by atoms with Crippen LogP contribution in [0.4, 0.5) is 0 Å². The third kappa shape index (κ3) is 7.56. The van der Waals surface area contributed by atoms with Crippen LogP contribution in [0.2, 0.25) is 0 Å². The number of aromatic nitrogens is 4. The summed E-state index contributed by atoms with van der Waals surface area (Å²) >= 11 is 0. The van der Waals surface area contributed by atoms with Crippen LogP contribution < -0.4 is 0 Å². The van der Waals surface area contributed by atoms with Crippen molar-refractivity contribution < 1.29 is 24.2 Å². The first-order chi connectivity index (χ1) is 25.6. The van der Waals surface area contributed by atoms with Crippen molar-refractivity contribution in [2.75, 3.05) is 46.0 Å². The zero-order valence-electron chi connectivity index (χ0n) is 29.5. The van der Waals surface area contributed by atoms with Gasteiger partial charge in [0.05, 0.1) is 35.3 Å². The van der Waals surface area contributed by atoms with Crippen LogP contribution >= 0.6 is 12.4 Å². The molecule has 2 amide bonds. The molecule has 0 aliphatic carbocycles. The summed E-state index contributed by atoms with van der Waals surface area (Å²) in [7, 11) is 0. The van der Waals surface area contributed by atoms with Crippen molar-refractivity contribution in [2.45, 2.75) is 38.4 Å². The quantitative estimate of drug-likeness (QED) is 0.204. The third-order valence-corrected chi connectivity index (χ3v) is 10.2. The number of nitrogens with zero attached hydrogens (tertiary/aromatic N) is 6. The van der Waals surface area contributed by atoms with E-state index in [0.717, 1.165) is 101 Å². The number of hydrogen-bond acceptors (Lipinski definition) is 7. The number of carbonyl (C=O) groups is 2. The molecule has 9 rings (SSSR count). The summed E-state index contributed by atoms with van der Waals surface area (Å²) in [5, 5.41) is 9.05. The maximum Gasteiger partial charge on any atom is 0.254 e. The van der Waals surface area contributed by atoms with Crippen molar-refractivity contribution in [3.05, 3.63) is 120 Å². The van der Waals surface area contributed by atoms with Gasteiger partial charge in [-0.1, -0.05) is 24.3 Å². The molecule has 0 radical (unpaired) electrons. The zero-order valence-corrected chi connectivity index (χ0v) is 30.3. The van der Waals surface area contributed by atoms with Crippen LogP contribution in [-0.2, 0) is 22.3 Å². The topological polar surface area (TPSA) is 115 Å². The lowest BCUT2D eigenvalue weighted by Crippen LogP contribution is -2.40. The maximum absolute atomic E-state index is 12.9. The highest BCUT2D eigenvalue weighted by Gasteiger charge is 2.26. The Bertz CT molecular complexity index is 2230. The minimum atomic E-state index is -0.108. The molecule has 3 aliphatic heterocycles. The maximum atomic E-state index is 12.9. The molecule has 53 heavy (non-hydrogen) atoms. The number of aliphatic hydroxyl groups excluding tert-OH is 1. The smallest absolute Gasteiger partial charge is 0.254 e. The number of benzene rings is 4. The van der Waals surface area contributed by atoms with E-state index in [2.05, 4.69) is 32.7 Å². The van der Waals surface area contributed by atoms with E-state index in [1.165, 1.54) is 0 Å². The Morgan fingerprint density at radius 3 is 1.79 bits per heavy atom. The number of para-hydroxylation sites is 4. The number of imidazole rings is 2. The molecule has 1 saturated heterocycles. The Labute approximate surface area is 314 Å².